The van der Waals surface area contributed by atoms with Crippen molar-refractivity contribution < 1.29 is 4.79 Å². The topological polar surface area (TPSA) is 46.9 Å². The number of nitrogens with zero attached hydrogens (tertiary/aromatic N) is 2. The lowest BCUT2D eigenvalue weighted by molar-refractivity contribution is -0.115. The van der Waals surface area contributed by atoms with Crippen molar-refractivity contribution >= 4 is 5.91 Å². The van der Waals surface area contributed by atoms with Gasteiger partial charge in [-0.3, -0.25) is 9.48 Å². The first-order chi connectivity index (χ1) is 7.60. The van der Waals surface area contributed by atoms with Crippen molar-refractivity contribution in [3.05, 3.63) is 17.0 Å². The van der Waals surface area contributed by atoms with Crippen LogP contribution >= 0.6 is 0 Å². The average Bonchev–Trinajstić information content (AvgIpc) is 2.52. The van der Waals surface area contributed by atoms with Crippen LogP contribution in [0.25, 0.3) is 0 Å². The second-order valence-electron chi connectivity index (χ2n) is 3.52. The molecule has 0 radical (unpaired) electrons. The van der Waals surface area contributed by atoms with Gasteiger partial charge in [0, 0.05) is 24.3 Å². The Hall–Kier alpha value is -1.76. The maximum Gasteiger partial charge on any atom is 0.296 e. The normalized spacial score (nSPS) is 9.50. The van der Waals surface area contributed by atoms with E-state index in [2.05, 4.69) is 22.3 Å². The molecule has 0 aliphatic heterocycles. The molecule has 4 nitrogen and oxygen atoms in total. The monoisotopic (exact) mass is 219 g/mol. The number of carbonyl (C=O) groups excluding carboxylic acids is 1. The summed E-state index contributed by atoms with van der Waals surface area (Å²) >= 11 is 0. The zero-order chi connectivity index (χ0) is 12.1. The predicted molar refractivity (Wildman–Crippen MR) is 62.7 cm³/mol. The zero-order valence-electron chi connectivity index (χ0n) is 10.2. The molecule has 0 bridgehead atoms. The fourth-order valence-electron chi connectivity index (χ4n) is 1.62. The maximum atomic E-state index is 11.2. The molecule has 0 aliphatic carbocycles. The molecule has 0 aliphatic rings. The third-order valence-corrected chi connectivity index (χ3v) is 2.50. The summed E-state index contributed by atoms with van der Waals surface area (Å²) in [6.45, 7) is 8.98. The van der Waals surface area contributed by atoms with Gasteiger partial charge in [0.05, 0.1) is 5.69 Å². The van der Waals surface area contributed by atoms with Gasteiger partial charge in [-0.05, 0) is 33.6 Å². The first-order valence-electron chi connectivity index (χ1n) is 5.33. The summed E-state index contributed by atoms with van der Waals surface area (Å²) in [4.78, 5) is 11.2. The molecule has 4 heteroatoms. The standard InChI is InChI=1S/C12H17N3O/c1-5-7-12(16)13-8-11-9(3)14-15(6-2)10(11)4/h6,8H2,1-4H3,(H,13,16). The molecular formula is C12H17N3O. The van der Waals surface area contributed by atoms with Crippen LogP contribution in [0.3, 0.4) is 0 Å². The first kappa shape index (κ1) is 12.3. The van der Waals surface area contributed by atoms with Crippen LogP contribution < -0.4 is 5.32 Å². The molecule has 1 aromatic rings. The molecule has 1 N–H and O–H groups in total. The van der Waals surface area contributed by atoms with E-state index >= 15 is 0 Å². The Morgan fingerprint density at radius 1 is 1.50 bits per heavy atom. The summed E-state index contributed by atoms with van der Waals surface area (Å²) in [6, 6.07) is 0. The lowest BCUT2D eigenvalue weighted by Gasteiger charge is -2.03. The minimum atomic E-state index is -0.245. The number of hydrogen-bond donors (Lipinski definition) is 1. The van der Waals surface area contributed by atoms with Gasteiger partial charge < -0.3 is 5.32 Å². The van der Waals surface area contributed by atoms with Gasteiger partial charge in [0.1, 0.15) is 0 Å². The molecule has 0 saturated carbocycles. The lowest BCUT2D eigenvalue weighted by Crippen LogP contribution is -2.21. The number of aromatic nitrogens is 2. The smallest absolute Gasteiger partial charge is 0.296 e. The van der Waals surface area contributed by atoms with Crippen LogP contribution in [0.2, 0.25) is 0 Å². The molecule has 0 unspecified atom stereocenters. The highest BCUT2D eigenvalue weighted by Crippen LogP contribution is 2.12. The number of hydrogen-bond acceptors (Lipinski definition) is 2. The van der Waals surface area contributed by atoms with Crippen molar-refractivity contribution in [2.45, 2.75) is 40.8 Å². The number of carbonyl (C=O) groups is 1. The second kappa shape index (κ2) is 5.36. The molecule has 86 valence electrons. The SMILES string of the molecule is CC#CC(=O)NCc1c(C)nn(CC)c1C. The number of nitrogens with one attached hydrogen (secondary N) is 1. The highest BCUT2D eigenvalue weighted by atomic mass is 16.1. The maximum absolute atomic E-state index is 11.2. The molecule has 1 rings (SSSR count). The van der Waals surface area contributed by atoms with E-state index < -0.39 is 0 Å². The van der Waals surface area contributed by atoms with Gasteiger partial charge in [-0.25, -0.2) is 0 Å². The van der Waals surface area contributed by atoms with E-state index in [4.69, 9.17) is 0 Å². The molecule has 1 aromatic heterocycles. The van der Waals surface area contributed by atoms with Crippen LogP contribution in [-0.2, 0) is 17.9 Å². The highest BCUT2D eigenvalue weighted by molar-refractivity contribution is 5.93. The Labute approximate surface area is 96.0 Å². The quantitative estimate of drug-likeness (QED) is 0.775. The summed E-state index contributed by atoms with van der Waals surface area (Å²) in [5.41, 5.74) is 3.14. The highest BCUT2D eigenvalue weighted by Gasteiger charge is 2.10. The van der Waals surface area contributed by atoms with Gasteiger partial charge in [0.2, 0.25) is 0 Å². The summed E-state index contributed by atoms with van der Waals surface area (Å²) in [5.74, 6) is 4.77. The Morgan fingerprint density at radius 2 is 2.19 bits per heavy atom. The van der Waals surface area contributed by atoms with Crippen LogP contribution in [-0.4, -0.2) is 15.7 Å². The van der Waals surface area contributed by atoms with Crippen molar-refractivity contribution in [2.24, 2.45) is 0 Å². The third kappa shape index (κ3) is 2.63. The van der Waals surface area contributed by atoms with Gasteiger partial charge in [-0.1, -0.05) is 5.92 Å². The van der Waals surface area contributed by atoms with Crippen molar-refractivity contribution in [1.82, 2.24) is 15.1 Å². The number of aryl methyl sites for hydroxylation is 2. The van der Waals surface area contributed by atoms with E-state index in [9.17, 15) is 4.79 Å². The van der Waals surface area contributed by atoms with Crippen LogP contribution in [0.4, 0.5) is 0 Å². The Bertz CT molecular complexity index is 449. The first-order valence-corrected chi connectivity index (χ1v) is 5.33. The van der Waals surface area contributed by atoms with Crippen molar-refractivity contribution in [3.8, 4) is 11.8 Å². The molecule has 16 heavy (non-hydrogen) atoms. The molecule has 1 heterocycles. The minimum absolute atomic E-state index is 0.245. The molecule has 0 fully saturated rings. The second-order valence-corrected chi connectivity index (χ2v) is 3.52. The van der Waals surface area contributed by atoms with Gasteiger partial charge in [-0.2, -0.15) is 5.10 Å². The van der Waals surface area contributed by atoms with Crippen LogP contribution in [0.5, 0.6) is 0 Å². The average molecular weight is 219 g/mol. The summed E-state index contributed by atoms with van der Waals surface area (Å²) < 4.78 is 1.93. The molecular weight excluding hydrogens is 202 g/mol. The van der Waals surface area contributed by atoms with E-state index in [1.54, 1.807) is 6.92 Å². The molecule has 0 atom stereocenters. The van der Waals surface area contributed by atoms with Crippen molar-refractivity contribution in [2.75, 3.05) is 0 Å². The molecule has 0 saturated heterocycles. The van der Waals surface area contributed by atoms with E-state index in [0.29, 0.717) is 6.54 Å². The predicted octanol–water partition coefficient (Wildman–Crippen LogP) is 1.16. The molecule has 0 spiro atoms. The van der Waals surface area contributed by atoms with Gasteiger partial charge >= 0.3 is 0 Å². The number of amides is 1. The van der Waals surface area contributed by atoms with Crippen LogP contribution in [0, 0.1) is 25.7 Å². The van der Waals surface area contributed by atoms with Crippen molar-refractivity contribution in [3.63, 3.8) is 0 Å². The largest absolute Gasteiger partial charge is 0.341 e. The van der Waals surface area contributed by atoms with E-state index in [1.807, 2.05) is 25.5 Å². The zero-order valence-corrected chi connectivity index (χ0v) is 10.2. The summed E-state index contributed by atoms with van der Waals surface area (Å²) in [6.07, 6.45) is 0. The van der Waals surface area contributed by atoms with Crippen LogP contribution in [0.15, 0.2) is 0 Å². The van der Waals surface area contributed by atoms with E-state index in [0.717, 1.165) is 23.5 Å². The van der Waals surface area contributed by atoms with Gasteiger partial charge in [-0.15, -0.1) is 0 Å². The van der Waals surface area contributed by atoms with Gasteiger partial charge in [0.15, 0.2) is 0 Å². The summed E-state index contributed by atoms with van der Waals surface area (Å²) in [5, 5.41) is 7.13. The minimum Gasteiger partial charge on any atom is -0.341 e. The Morgan fingerprint density at radius 3 is 2.69 bits per heavy atom. The fourth-order valence-corrected chi connectivity index (χ4v) is 1.62. The third-order valence-electron chi connectivity index (χ3n) is 2.50. The van der Waals surface area contributed by atoms with Crippen LogP contribution in [0.1, 0.15) is 30.8 Å². The van der Waals surface area contributed by atoms with E-state index in [1.165, 1.54) is 0 Å². The van der Waals surface area contributed by atoms with Crippen molar-refractivity contribution in [1.29, 1.82) is 0 Å². The van der Waals surface area contributed by atoms with E-state index in [-0.39, 0.29) is 5.91 Å². The number of rotatable bonds is 3. The molecule has 1 amide bonds. The Balaban J connectivity index is 2.76. The summed E-state index contributed by atoms with van der Waals surface area (Å²) in [7, 11) is 0. The fraction of sp³-hybridized carbons (Fsp3) is 0.500. The molecule has 0 aromatic carbocycles. The van der Waals surface area contributed by atoms with Gasteiger partial charge in [0.25, 0.3) is 5.91 Å². The lowest BCUT2D eigenvalue weighted by atomic mass is 10.2. The Kier molecular flexibility index (Phi) is 4.12.